The highest BCUT2D eigenvalue weighted by Gasteiger charge is 2.54. The van der Waals surface area contributed by atoms with E-state index in [2.05, 4.69) is 97.1 Å². The third-order valence-electron chi connectivity index (χ3n) is 18.9. The first kappa shape index (κ1) is 52.8. The number of nitrogens with zero attached hydrogens (tertiary/aromatic N) is 14. The second kappa shape index (κ2) is 19.9. The van der Waals surface area contributed by atoms with E-state index in [0.717, 1.165) is 41.1 Å². The molecule has 3 fully saturated rings. The minimum absolute atomic E-state index is 0.0213. The zero-order chi connectivity index (χ0) is 56.2. The SMILES string of the molecule is CC1(C)C2=CCc3nccc(c32)-c2nn(C(CC#N)C3CCCC3)cc21.CCS(=O)(=O)N1CC(CC#N)(n2cc3c(n2)-c2ncnc4c2C(=CC4)C3(F)F)C1.COC1C2=CCc3nccc(c32)-c2nn(C(CC#N)C3CCCC3)cc21. The fraction of sp³-hybridized carbons (Fsp3) is 0.475. The highest BCUT2D eigenvalue weighted by atomic mass is 32.2. The van der Waals surface area contributed by atoms with E-state index in [1.807, 2.05) is 18.5 Å². The van der Waals surface area contributed by atoms with Crippen LogP contribution in [0, 0.1) is 45.8 Å². The van der Waals surface area contributed by atoms with Crippen molar-refractivity contribution >= 4 is 26.7 Å². The minimum Gasteiger partial charge on any atom is -0.372 e. The Bertz CT molecular complexity index is 3900. The molecule has 2 saturated carbocycles. The Balaban J connectivity index is 0.000000115. The lowest BCUT2D eigenvalue weighted by Gasteiger charge is -2.47. The molecule has 8 aliphatic carbocycles. The van der Waals surface area contributed by atoms with Crippen molar-refractivity contribution in [1.82, 2.24) is 53.6 Å². The van der Waals surface area contributed by atoms with Gasteiger partial charge in [0.05, 0.1) is 89.3 Å². The molecule has 1 aliphatic heterocycles. The number of hydrogen-bond acceptors (Lipinski definition) is 13. The summed E-state index contributed by atoms with van der Waals surface area (Å²) in [5.74, 6) is -2.20. The van der Waals surface area contributed by atoms with Crippen LogP contribution in [0.25, 0.3) is 50.6 Å². The fourth-order valence-electron chi connectivity index (χ4n) is 14.6. The van der Waals surface area contributed by atoms with Gasteiger partial charge in [-0.15, -0.1) is 0 Å². The zero-order valence-electron chi connectivity index (χ0n) is 45.9. The summed E-state index contributed by atoms with van der Waals surface area (Å²) in [4.78, 5) is 17.4. The van der Waals surface area contributed by atoms with Gasteiger partial charge in [-0.3, -0.25) is 24.0 Å². The molecular formula is C61H62F2N14O3S. The van der Waals surface area contributed by atoms with Crippen molar-refractivity contribution in [2.24, 2.45) is 11.8 Å². The van der Waals surface area contributed by atoms with Crippen LogP contribution < -0.4 is 0 Å². The summed E-state index contributed by atoms with van der Waals surface area (Å²) >= 11 is 0. The molecule has 9 aliphatic rings. The van der Waals surface area contributed by atoms with E-state index in [4.69, 9.17) is 14.9 Å². The van der Waals surface area contributed by atoms with Gasteiger partial charge in [0.2, 0.25) is 10.0 Å². The highest BCUT2D eigenvalue weighted by Crippen LogP contribution is 2.56. The van der Waals surface area contributed by atoms with Crippen LogP contribution in [-0.4, -0.2) is 88.0 Å². The molecular weight excluding hydrogens is 1050 g/mol. The largest absolute Gasteiger partial charge is 0.372 e. The molecule has 6 aromatic rings. The molecule has 0 radical (unpaired) electrons. The highest BCUT2D eigenvalue weighted by molar-refractivity contribution is 7.89. The van der Waals surface area contributed by atoms with Crippen molar-refractivity contribution in [3.8, 4) is 52.1 Å². The predicted molar refractivity (Wildman–Crippen MR) is 298 cm³/mol. The summed E-state index contributed by atoms with van der Waals surface area (Å²) < 4.78 is 67.4. The van der Waals surface area contributed by atoms with Crippen molar-refractivity contribution in [3.63, 3.8) is 0 Å². The topological polar surface area (TPSA) is 223 Å². The molecule has 15 rings (SSSR count). The number of aromatic nitrogens is 10. The Labute approximate surface area is 469 Å². The fourth-order valence-corrected chi connectivity index (χ4v) is 15.8. The molecule has 1 saturated heterocycles. The Morgan fingerprint density at radius 1 is 0.691 bits per heavy atom. The number of methoxy groups -OCH3 is 1. The van der Waals surface area contributed by atoms with Gasteiger partial charge in [0.25, 0.3) is 0 Å². The maximum atomic E-state index is 15.3. The van der Waals surface area contributed by atoms with Gasteiger partial charge in [-0.05, 0) is 67.7 Å². The van der Waals surface area contributed by atoms with Crippen LogP contribution in [0.5, 0.6) is 0 Å². The maximum Gasteiger partial charge on any atom is 0.302 e. The van der Waals surface area contributed by atoms with Crippen LogP contribution in [0.3, 0.4) is 0 Å². The van der Waals surface area contributed by atoms with Crippen molar-refractivity contribution < 1.29 is 21.9 Å². The van der Waals surface area contributed by atoms with Crippen molar-refractivity contribution in [3.05, 3.63) is 118 Å². The third-order valence-corrected chi connectivity index (χ3v) is 20.6. The van der Waals surface area contributed by atoms with Crippen LogP contribution >= 0.6 is 0 Å². The van der Waals surface area contributed by atoms with Gasteiger partial charge in [0, 0.05) is 120 Å². The molecule has 17 nitrogen and oxygen atoms in total. The molecule has 0 amide bonds. The summed E-state index contributed by atoms with van der Waals surface area (Å²) in [6.45, 7) is 6.17. The molecule has 81 heavy (non-hydrogen) atoms. The molecule has 414 valence electrons. The number of halogens is 2. The van der Waals surface area contributed by atoms with Gasteiger partial charge < -0.3 is 4.74 Å². The van der Waals surface area contributed by atoms with Crippen LogP contribution in [-0.2, 0) is 50.9 Å². The average molecular weight is 1110 g/mol. The average Bonchev–Trinajstić information content (AvgIpc) is 3.60. The van der Waals surface area contributed by atoms with Crippen molar-refractivity contribution in [2.45, 2.75) is 146 Å². The van der Waals surface area contributed by atoms with E-state index < -0.39 is 21.5 Å². The lowest BCUT2D eigenvalue weighted by molar-refractivity contribution is 0.0596. The third kappa shape index (κ3) is 8.27. The number of rotatable bonds is 11. The molecule has 20 heteroatoms. The molecule has 0 N–H and O–H groups in total. The molecule has 3 unspecified atom stereocenters. The number of ether oxygens (including phenoxy) is 1. The van der Waals surface area contributed by atoms with Crippen molar-refractivity contribution in [2.75, 3.05) is 26.0 Å². The Kier molecular flexibility index (Phi) is 12.9. The Morgan fingerprint density at radius 3 is 1.91 bits per heavy atom. The summed E-state index contributed by atoms with van der Waals surface area (Å²) in [5.41, 5.74) is 14.1. The van der Waals surface area contributed by atoms with Crippen LogP contribution in [0.4, 0.5) is 8.78 Å². The Morgan fingerprint density at radius 2 is 1.28 bits per heavy atom. The summed E-state index contributed by atoms with van der Waals surface area (Å²) in [7, 11) is -1.67. The summed E-state index contributed by atoms with van der Waals surface area (Å²) in [6, 6.07) is 11.4. The molecule has 7 heterocycles. The smallest absolute Gasteiger partial charge is 0.302 e. The second-order valence-electron chi connectivity index (χ2n) is 23.5. The normalized spacial score (nSPS) is 21.3. The van der Waals surface area contributed by atoms with Gasteiger partial charge >= 0.3 is 5.92 Å². The lowest BCUT2D eigenvalue weighted by atomic mass is 9.70. The second-order valence-corrected chi connectivity index (χ2v) is 25.8. The lowest BCUT2D eigenvalue weighted by Crippen LogP contribution is -2.64. The monoisotopic (exact) mass is 1110 g/mol. The number of nitriles is 3. The van der Waals surface area contributed by atoms with Gasteiger partial charge in [0.1, 0.15) is 29.4 Å². The van der Waals surface area contributed by atoms with Crippen LogP contribution in [0.2, 0.25) is 0 Å². The van der Waals surface area contributed by atoms with E-state index in [1.165, 1.54) is 125 Å². The first-order chi connectivity index (χ1) is 39.2. The van der Waals surface area contributed by atoms with E-state index in [1.54, 1.807) is 7.11 Å². The van der Waals surface area contributed by atoms with Crippen LogP contribution in [0.1, 0.15) is 160 Å². The van der Waals surface area contributed by atoms with Gasteiger partial charge in [-0.1, -0.05) is 57.8 Å². The molecule has 6 aromatic heterocycles. The number of fused-ring (bicyclic) bond motifs is 6. The summed E-state index contributed by atoms with van der Waals surface area (Å²) in [6.07, 6.45) is 29.7. The number of alkyl halides is 2. The van der Waals surface area contributed by atoms with Gasteiger partial charge in [0.15, 0.2) is 0 Å². The zero-order valence-corrected chi connectivity index (χ0v) is 46.7. The minimum atomic E-state index is -3.43. The molecule has 0 bridgehead atoms. The molecule has 0 aromatic carbocycles. The van der Waals surface area contributed by atoms with Gasteiger partial charge in [-0.25, -0.2) is 18.4 Å². The van der Waals surface area contributed by atoms with E-state index in [9.17, 15) is 24.2 Å². The first-order valence-electron chi connectivity index (χ1n) is 28.4. The number of pyridine rings is 2. The predicted octanol–water partition coefficient (Wildman–Crippen LogP) is 10.7. The van der Waals surface area contributed by atoms with E-state index in [-0.39, 0.29) is 65.7 Å². The quantitative estimate of drug-likeness (QED) is 0.118. The number of hydrogen-bond donors (Lipinski definition) is 0. The van der Waals surface area contributed by atoms with E-state index >= 15 is 8.78 Å². The Hall–Kier alpha value is -7.57. The standard InChI is InChI=1S/C22H24N4.C21H22N4O.C18H16F2N6O2S/c1-22(2)16-7-8-18-20(16)15(10-12-24-18)21-17(22)13-26(25-21)19(9-11-23)14-5-3-4-6-14;1-26-21-15-6-7-17-19(15)14(9-11-23-17)20-16(21)12-25(24-20)18(8-10-22)13-4-2-3-5-13;1-2-29(27,28)25-8-17(9-25,5-6-21)26-7-12-15(24-26)16-14-11(18(12,19)20)3-4-13(14)22-10-23-16/h7,10,12-14,19H,3-6,8-9H2,1-2H3;6,9,11-13,18,21H,2-5,7-8H2,1H3;3,7,10H,2,4-5,8-9H2,1H3. The first-order valence-corrected chi connectivity index (χ1v) is 30.0. The molecule has 0 spiro atoms. The van der Waals surface area contributed by atoms with Crippen LogP contribution in [0.15, 0.2) is 67.7 Å². The van der Waals surface area contributed by atoms with Gasteiger partial charge in [-0.2, -0.15) is 44.2 Å². The number of allylic oxidation sites excluding steroid dienone is 5. The summed E-state index contributed by atoms with van der Waals surface area (Å²) in [5, 5.41) is 42.5. The maximum absolute atomic E-state index is 15.3. The van der Waals surface area contributed by atoms with E-state index in [0.29, 0.717) is 48.0 Å². The molecule has 3 atom stereocenters. The van der Waals surface area contributed by atoms with Crippen molar-refractivity contribution in [1.29, 1.82) is 15.8 Å². The number of sulfonamides is 1.